The molecule has 1 atom stereocenters. The second-order valence-electron chi connectivity index (χ2n) is 8.20. The van der Waals surface area contributed by atoms with Crippen LogP contribution in [0.3, 0.4) is 0 Å². The maximum Gasteiger partial charge on any atom is 0.416 e. The smallest absolute Gasteiger partial charge is 0.356 e. The molecule has 6 nitrogen and oxygen atoms in total. The Labute approximate surface area is 183 Å². The molecule has 0 saturated carbocycles. The number of piperidine rings is 1. The molecule has 3 aromatic rings. The largest absolute Gasteiger partial charge is 0.416 e. The van der Waals surface area contributed by atoms with E-state index in [2.05, 4.69) is 20.4 Å². The number of aromatic nitrogens is 4. The number of nitrogens with one attached hydrogen (secondary N) is 1. The fourth-order valence-corrected chi connectivity index (χ4v) is 4.01. The Hall–Kier alpha value is -3.23. The van der Waals surface area contributed by atoms with Gasteiger partial charge in [-0.1, -0.05) is 18.2 Å². The molecule has 3 heterocycles. The number of aryl methyl sites for hydroxylation is 2. The summed E-state index contributed by atoms with van der Waals surface area (Å²) in [6, 6.07) is 8.91. The summed E-state index contributed by atoms with van der Waals surface area (Å²) >= 11 is 0. The van der Waals surface area contributed by atoms with Crippen LogP contribution in [0.1, 0.15) is 46.7 Å². The van der Waals surface area contributed by atoms with Crippen molar-refractivity contribution < 1.29 is 18.0 Å². The van der Waals surface area contributed by atoms with Crippen molar-refractivity contribution in [2.75, 3.05) is 6.54 Å². The summed E-state index contributed by atoms with van der Waals surface area (Å²) in [5.41, 5.74) is 2.71. The highest BCUT2D eigenvalue weighted by Gasteiger charge is 2.30. The number of benzene rings is 1. The van der Waals surface area contributed by atoms with Gasteiger partial charge < -0.3 is 5.32 Å². The summed E-state index contributed by atoms with van der Waals surface area (Å²) in [7, 11) is 0. The molecule has 1 aliphatic heterocycles. The predicted octanol–water partition coefficient (Wildman–Crippen LogP) is 3.96. The zero-order chi connectivity index (χ0) is 22.9. The molecule has 168 valence electrons. The number of nitrogens with zero attached hydrogens (tertiary/aromatic N) is 4. The summed E-state index contributed by atoms with van der Waals surface area (Å²) in [5, 5.41) is 7.32. The molecule has 0 aliphatic carbocycles. The molecule has 1 unspecified atom stereocenters. The molecule has 2 aromatic heterocycles. The molecular formula is C23H24F3N5O. The van der Waals surface area contributed by atoms with Gasteiger partial charge >= 0.3 is 6.18 Å². The normalized spacial score (nSPS) is 16.8. The fourth-order valence-electron chi connectivity index (χ4n) is 4.01. The van der Waals surface area contributed by atoms with Crippen molar-refractivity contribution in [1.29, 1.82) is 0 Å². The SMILES string of the molecule is Cc1cc(C)n(-c2nc(Cc3cccc(C(F)(F)F)c3)cc(CC3CCCNC3=O)n2)n1. The van der Waals surface area contributed by atoms with Crippen LogP contribution in [0.2, 0.25) is 0 Å². The van der Waals surface area contributed by atoms with Crippen LogP contribution in [0.15, 0.2) is 36.4 Å². The van der Waals surface area contributed by atoms with E-state index in [-0.39, 0.29) is 18.2 Å². The Morgan fingerprint density at radius 1 is 1.12 bits per heavy atom. The van der Waals surface area contributed by atoms with E-state index >= 15 is 0 Å². The number of carbonyl (C=O) groups excluding carboxylic acids is 1. The van der Waals surface area contributed by atoms with Gasteiger partial charge in [0, 0.05) is 36.7 Å². The number of carbonyl (C=O) groups is 1. The number of amides is 1. The second-order valence-corrected chi connectivity index (χ2v) is 8.20. The monoisotopic (exact) mass is 443 g/mol. The summed E-state index contributed by atoms with van der Waals surface area (Å²) in [5.74, 6) is 0.168. The first-order valence-electron chi connectivity index (χ1n) is 10.5. The molecule has 1 aromatic carbocycles. The zero-order valence-electron chi connectivity index (χ0n) is 17.9. The lowest BCUT2D eigenvalue weighted by molar-refractivity contribution is -0.137. The van der Waals surface area contributed by atoms with E-state index in [1.807, 2.05) is 19.9 Å². The van der Waals surface area contributed by atoms with Crippen LogP contribution < -0.4 is 5.32 Å². The van der Waals surface area contributed by atoms with Crippen molar-refractivity contribution in [2.24, 2.45) is 5.92 Å². The molecule has 4 rings (SSSR count). The minimum atomic E-state index is -4.41. The second kappa shape index (κ2) is 8.72. The number of rotatable bonds is 5. The Balaban J connectivity index is 1.70. The number of hydrogen-bond donors (Lipinski definition) is 1. The predicted molar refractivity (Wildman–Crippen MR) is 112 cm³/mol. The molecule has 1 saturated heterocycles. The molecule has 1 amide bonds. The molecule has 32 heavy (non-hydrogen) atoms. The lowest BCUT2D eigenvalue weighted by Gasteiger charge is -2.21. The highest BCUT2D eigenvalue weighted by molar-refractivity contribution is 5.79. The van der Waals surface area contributed by atoms with Gasteiger partial charge in [0.2, 0.25) is 5.91 Å². The van der Waals surface area contributed by atoms with E-state index in [4.69, 9.17) is 0 Å². The maximum absolute atomic E-state index is 13.1. The van der Waals surface area contributed by atoms with Gasteiger partial charge in [0.1, 0.15) is 0 Å². The van der Waals surface area contributed by atoms with E-state index < -0.39 is 11.7 Å². The molecular weight excluding hydrogens is 419 g/mol. The van der Waals surface area contributed by atoms with Gasteiger partial charge in [0.15, 0.2) is 0 Å². The Kier molecular flexibility index (Phi) is 5.99. The maximum atomic E-state index is 13.1. The minimum absolute atomic E-state index is 0.00181. The third-order valence-corrected chi connectivity index (χ3v) is 5.51. The highest BCUT2D eigenvalue weighted by Crippen LogP contribution is 2.30. The summed E-state index contributed by atoms with van der Waals surface area (Å²) < 4.78 is 41.0. The van der Waals surface area contributed by atoms with Crippen LogP contribution >= 0.6 is 0 Å². The first-order chi connectivity index (χ1) is 15.2. The van der Waals surface area contributed by atoms with Crippen molar-refractivity contribution in [3.8, 4) is 5.95 Å². The van der Waals surface area contributed by atoms with Crippen LogP contribution in [0.4, 0.5) is 13.2 Å². The van der Waals surface area contributed by atoms with E-state index in [1.54, 1.807) is 16.8 Å². The van der Waals surface area contributed by atoms with Gasteiger partial charge in [-0.3, -0.25) is 4.79 Å². The Morgan fingerprint density at radius 2 is 1.91 bits per heavy atom. The van der Waals surface area contributed by atoms with E-state index in [9.17, 15) is 18.0 Å². The number of hydrogen-bond acceptors (Lipinski definition) is 4. The summed E-state index contributed by atoms with van der Waals surface area (Å²) in [6.45, 7) is 4.43. The lowest BCUT2D eigenvalue weighted by Crippen LogP contribution is -2.37. The Bertz CT molecular complexity index is 1140. The molecule has 0 radical (unpaired) electrons. The van der Waals surface area contributed by atoms with Crippen molar-refractivity contribution in [1.82, 2.24) is 25.1 Å². The van der Waals surface area contributed by atoms with Crippen molar-refractivity contribution in [2.45, 2.75) is 45.7 Å². The third-order valence-electron chi connectivity index (χ3n) is 5.51. The number of alkyl halides is 3. The van der Waals surface area contributed by atoms with Crippen LogP contribution in [0, 0.1) is 19.8 Å². The van der Waals surface area contributed by atoms with Crippen molar-refractivity contribution >= 4 is 5.91 Å². The minimum Gasteiger partial charge on any atom is -0.356 e. The molecule has 0 spiro atoms. The number of halogens is 3. The van der Waals surface area contributed by atoms with Crippen molar-refractivity contribution in [3.05, 3.63) is 70.3 Å². The quantitative estimate of drug-likeness (QED) is 0.648. The van der Waals surface area contributed by atoms with Gasteiger partial charge in [0.05, 0.1) is 17.0 Å². The molecule has 1 fully saturated rings. The van der Waals surface area contributed by atoms with Gasteiger partial charge in [-0.15, -0.1) is 0 Å². The summed E-state index contributed by atoms with van der Waals surface area (Å²) in [4.78, 5) is 21.5. The highest BCUT2D eigenvalue weighted by atomic mass is 19.4. The van der Waals surface area contributed by atoms with Gasteiger partial charge in [-0.2, -0.15) is 18.3 Å². The van der Waals surface area contributed by atoms with Gasteiger partial charge in [-0.05, 0) is 50.5 Å². The van der Waals surface area contributed by atoms with Gasteiger partial charge in [-0.25, -0.2) is 14.6 Å². The topological polar surface area (TPSA) is 72.7 Å². The molecule has 1 aliphatic rings. The van der Waals surface area contributed by atoms with Crippen LogP contribution in [-0.4, -0.2) is 32.2 Å². The van der Waals surface area contributed by atoms with Crippen LogP contribution in [0.5, 0.6) is 0 Å². The molecule has 0 bridgehead atoms. The first-order valence-corrected chi connectivity index (χ1v) is 10.5. The van der Waals surface area contributed by atoms with Crippen molar-refractivity contribution in [3.63, 3.8) is 0 Å². The average molecular weight is 443 g/mol. The van der Waals surface area contributed by atoms with Gasteiger partial charge in [0.25, 0.3) is 5.95 Å². The molecule has 9 heteroatoms. The zero-order valence-corrected chi connectivity index (χ0v) is 17.9. The Morgan fingerprint density at radius 3 is 2.59 bits per heavy atom. The van der Waals surface area contributed by atoms with Crippen LogP contribution in [-0.2, 0) is 23.8 Å². The standard InChI is InChI=1S/C23H24F3N5O/c1-14-9-15(2)31(30-14)22-28-19(11-16-5-3-7-18(10-16)23(24,25)26)13-20(29-22)12-17-6-4-8-27-21(17)32/h3,5,7,9-10,13,17H,4,6,8,11-12H2,1-2H3,(H,27,32). The van der Waals surface area contributed by atoms with Crippen LogP contribution in [0.25, 0.3) is 5.95 Å². The fraction of sp³-hybridized carbons (Fsp3) is 0.391. The summed E-state index contributed by atoms with van der Waals surface area (Å²) in [6.07, 6.45) is -2.08. The third kappa shape index (κ3) is 4.98. The molecule has 1 N–H and O–H groups in total. The van der Waals surface area contributed by atoms with E-state index in [0.29, 0.717) is 35.9 Å². The average Bonchev–Trinajstić information content (AvgIpc) is 3.07. The lowest BCUT2D eigenvalue weighted by atomic mass is 9.93. The first kappa shape index (κ1) is 22.0. The van der Waals surface area contributed by atoms with E-state index in [0.717, 1.165) is 36.4 Å². The van der Waals surface area contributed by atoms with E-state index in [1.165, 1.54) is 6.07 Å².